The summed E-state index contributed by atoms with van der Waals surface area (Å²) in [5, 5.41) is 10.9. The van der Waals surface area contributed by atoms with Crippen molar-refractivity contribution in [2.24, 2.45) is 5.92 Å². The number of carboxylic acids is 1. The van der Waals surface area contributed by atoms with Crippen LogP contribution in [0.15, 0.2) is 70.2 Å². The predicted molar refractivity (Wildman–Crippen MR) is 110 cm³/mol. The summed E-state index contributed by atoms with van der Waals surface area (Å²) in [6.07, 6.45) is 3.85. The number of fused-ring (bicyclic) bond motifs is 3. The zero-order valence-corrected chi connectivity index (χ0v) is 16.7. The van der Waals surface area contributed by atoms with Crippen LogP contribution >= 0.6 is 0 Å². The van der Waals surface area contributed by atoms with E-state index in [0.717, 1.165) is 16.5 Å². The van der Waals surface area contributed by atoms with Gasteiger partial charge in [0.2, 0.25) is 10.0 Å². The first-order valence-electron chi connectivity index (χ1n) is 9.11. The van der Waals surface area contributed by atoms with Crippen molar-refractivity contribution in [2.45, 2.75) is 24.8 Å². The summed E-state index contributed by atoms with van der Waals surface area (Å²) in [4.78, 5) is 11.3. The van der Waals surface area contributed by atoms with Gasteiger partial charge in [-0.2, -0.15) is 4.72 Å². The largest absolute Gasteiger partial charge is 0.480 e. The lowest BCUT2D eigenvalue weighted by atomic mass is 10.1. The second-order valence-corrected chi connectivity index (χ2v) is 8.93. The van der Waals surface area contributed by atoms with E-state index < -0.39 is 28.0 Å². The third-order valence-electron chi connectivity index (χ3n) is 4.86. The van der Waals surface area contributed by atoms with Crippen molar-refractivity contribution in [1.29, 1.82) is 0 Å². The lowest BCUT2D eigenvalue weighted by Gasteiger charge is -2.17. The molecule has 0 amide bonds. The molecule has 0 aliphatic carbocycles. The topological polar surface area (TPSA) is 102 Å². The molecule has 0 spiro atoms. The Morgan fingerprint density at radius 2 is 1.66 bits per heavy atom. The molecule has 0 aliphatic rings. The fraction of sp³-hybridized carbons (Fsp3) is 0.190. The van der Waals surface area contributed by atoms with Crippen molar-refractivity contribution in [2.75, 3.05) is 0 Å². The number of nitrogens with one attached hydrogen (secondary N) is 1. The van der Waals surface area contributed by atoms with Gasteiger partial charge in [-0.15, -0.1) is 0 Å². The standard InChI is InChI=1S/C21H20N2O5S/c1-13(2)20(21(24)25)22-29(26,27)15-6-8-17-16-7-5-14(23-9-3-4-10-23)11-18(16)28-19(17)12-15/h3-13,20,22H,1-2H3,(H,24,25). The molecule has 4 aromatic rings. The lowest BCUT2D eigenvalue weighted by Crippen LogP contribution is -2.44. The highest BCUT2D eigenvalue weighted by molar-refractivity contribution is 7.89. The van der Waals surface area contributed by atoms with Crippen LogP contribution in [-0.4, -0.2) is 30.1 Å². The van der Waals surface area contributed by atoms with E-state index in [1.807, 2.05) is 47.3 Å². The molecule has 1 unspecified atom stereocenters. The van der Waals surface area contributed by atoms with Crippen LogP contribution in [0, 0.1) is 5.92 Å². The van der Waals surface area contributed by atoms with Crippen LogP contribution in [0.5, 0.6) is 0 Å². The Hall–Kier alpha value is -3.10. The molecule has 2 aromatic carbocycles. The predicted octanol–water partition coefficient (Wildman–Crippen LogP) is 3.76. The molecule has 2 N–H and O–H groups in total. The number of aliphatic carboxylic acids is 1. The van der Waals surface area contributed by atoms with E-state index in [1.165, 1.54) is 12.1 Å². The summed E-state index contributed by atoms with van der Waals surface area (Å²) in [5.41, 5.74) is 1.99. The van der Waals surface area contributed by atoms with Gasteiger partial charge in [-0.3, -0.25) is 4.79 Å². The molecule has 0 fully saturated rings. The molecule has 2 aromatic heterocycles. The highest BCUT2D eigenvalue weighted by atomic mass is 32.2. The molecule has 2 heterocycles. The van der Waals surface area contributed by atoms with E-state index in [2.05, 4.69) is 4.72 Å². The Morgan fingerprint density at radius 3 is 2.28 bits per heavy atom. The normalized spacial score (nSPS) is 13.3. The quantitative estimate of drug-likeness (QED) is 0.502. The van der Waals surface area contributed by atoms with Crippen molar-refractivity contribution >= 4 is 37.9 Å². The fourth-order valence-corrected chi connectivity index (χ4v) is 4.64. The van der Waals surface area contributed by atoms with Gasteiger partial charge in [0.05, 0.1) is 4.90 Å². The Labute approximate surface area is 167 Å². The molecule has 0 saturated carbocycles. The first-order valence-corrected chi connectivity index (χ1v) is 10.6. The van der Waals surface area contributed by atoms with Gasteiger partial charge in [0.25, 0.3) is 0 Å². The lowest BCUT2D eigenvalue weighted by molar-refractivity contribution is -0.140. The van der Waals surface area contributed by atoms with E-state index in [9.17, 15) is 18.3 Å². The number of carbonyl (C=O) groups is 1. The zero-order chi connectivity index (χ0) is 20.8. The summed E-state index contributed by atoms with van der Waals surface area (Å²) >= 11 is 0. The Bertz CT molecular complexity index is 1300. The second kappa shape index (κ2) is 7.06. The first-order chi connectivity index (χ1) is 13.8. The van der Waals surface area contributed by atoms with E-state index in [4.69, 9.17) is 4.42 Å². The van der Waals surface area contributed by atoms with Gasteiger partial charge in [-0.25, -0.2) is 8.42 Å². The fourth-order valence-electron chi connectivity index (χ4n) is 3.29. The number of carboxylic acid groups (broad SMARTS) is 1. The summed E-state index contributed by atoms with van der Waals surface area (Å²) < 4.78 is 35.5. The molecule has 0 radical (unpaired) electrons. The number of hydrogen-bond donors (Lipinski definition) is 2. The Morgan fingerprint density at radius 1 is 1.03 bits per heavy atom. The summed E-state index contributed by atoms with van der Waals surface area (Å²) in [6, 6.07) is 13.0. The maximum atomic E-state index is 12.7. The maximum absolute atomic E-state index is 12.7. The zero-order valence-electron chi connectivity index (χ0n) is 15.9. The Balaban J connectivity index is 1.75. The van der Waals surface area contributed by atoms with Crippen molar-refractivity contribution in [3.8, 4) is 5.69 Å². The highest BCUT2D eigenvalue weighted by Crippen LogP contribution is 2.31. The van der Waals surface area contributed by atoms with E-state index in [1.54, 1.807) is 19.9 Å². The summed E-state index contributed by atoms with van der Waals surface area (Å²) in [7, 11) is -4.02. The van der Waals surface area contributed by atoms with Gasteiger partial charge in [0.15, 0.2) is 0 Å². The third-order valence-corrected chi connectivity index (χ3v) is 6.29. The number of furan rings is 1. The Kier molecular flexibility index (Phi) is 4.68. The van der Waals surface area contributed by atoms with Crippen molar-refractivity contribution in [3.63, 3.8) is 0 Å². The molecule has 7 nitrogen and oxygen atoms in total. The molecular weight excluding hydrogens is 392 g/mol. The number of rotatable bonds is 6. The number of hydrogen-bond acceptors (Lipinski definition) is 4. The van der Waals surface area contributed by atoms with Crippen LogP contribution in [0.25, 0.3) is 27.6 Å². The van der Waals surface area contributed by atoms with Crippen molar-refractivity contribution in [1.82, 2.24) is 9.29 Å². The van der Waals surface area contributed by atoms with Gasteiger partial charge in [0, 0.05) is 41.0 Å². The minimum Gasteiger partial charge on any atom is -0.480 e. The monoisotopic (exact) mass is 412 g/mol. The molecule has 0 bridgehead atoms. The van der Waals surface area contributed by atoms with E-state index >= 15 is 0 Å². The molecular formula is C21H20N2O5S. The average molecular weight is 412 g/mol. The van der Waals surface area contributed by atoms with E-state index in [0.29, 0.717) is 11.2 Å². The molecule has 8 heteroatoms. The number of nitrogens with zero attached hydrogens (tertiary/aromatic N) is 1. The van der Waals surface area contributed by atoms with Gasteiger partial charge in [-0.05, 0) is 42.3 Å². The maximum Gasteiger partial charge on any atom is 0.322 e. The summed E-state index contributed by atoms with van der Waals surface area (Å²) in [5.74, 6) is -1.62. The van der Waals surface area contributed by atoms with Gasteiger partial charge >= 0.3 is 5.97 Å². The van der Waals surface area contributed by atoms with Gasteiger partial charge in [-0.1, -0.05) is 13.8 Å². The number of sulfonamides is 1. The second-order valence-electron chi connectivity index (χ2n) is 7.21. The summed E-state index contributed by atoms with van der Waals surface area (Å²) in [6.45, 7) is 3.29. The van der Waals surface area contributed by atoms with Crippen LogP contribution in [0.4, 0.5) is 0 Å². The van der Waals surface area contributed by atoms with Crippen molar-refractivity contribution in [3.05, 3.63) is 60.9 Å². The third kappa shape index (κ3) is 3.52. The van der Waals surface area contributed by atoms with Crippen LogP contribution in [0.2, 0.25) is 0 Å². The number of aromatic nitrogens is 1. The molecule has 150 valence electrons. The van der Waals surface area contributed by atoms with Crippen molar-refractivity contribution < 1.29 is 22.7 Å². The minimum atomic E-state index is -4.02. The molecule has 0 aliphatic heterocycles. The molecule has 29 heavy (non-hydrogen) atoms. The first kappa shape index (κ1) is 19.2. The van der Waals surface area contributed by atoms with Crippen LogP contribution in [-0.2, 0) is 14.8 Å². The average Bonchev–Trinajstić information content (AvgIpc) is 3.32. The molecule has 4 rings (SSSR count). The highest BCUT2D eigenvalue weighted by Gasteiger charge is 2.28. The molecule has 0 saturated heterocycles. The van der Waals surface area contributed by atoms with Crippen LogP contribution in [0.1, 0.15) is 13.8 Å². The van der Waals surface area contributed by atoms with Crippen LogP contribution < -0.4 is 4.72 Å². The molecule has 1 atom stereocenters. The minimum absolute atomic E-state index is 0.0402. The van der Waals surface area contributed by atoms with Crippen LogP contribution in [0.3, 0.4) is 0 Å². The smallest absolute Gasteiger partial charge is 0.322 e. The van der Waals surface area contributed by atoms with Gasteiger partial charge in [0.1, 0.15) is 17.2 Å². The SMILES string of the molecule is CC(C)C(NS(=O)(=O)c1ccc2c(c1)oc1cc(-n3cccc3)ccc12)C(=O)O. The van der Waals surface area contributed by atoms with E-state index in [-0.39, 0.29) is 4.90 Å². The van der Waals surface area contributed by atoms with Gasteiger partial charge < -0.3 is 14.1 Å². The number of benzene rings is 2.